The second kappa shape index (κ2) is 8.10. The number of fused-ring (bicyclic) bond motifs is 1. The molecule has 2 N–H and O–H groups in total. The normalized spacial score (nSPS) is 12.4. The fraction of sp³-hybridized carbons (Fsp3) is 0.136. The Balaban J connectivity index is 1.32. The van der Waals surface area contributed by atoms with Gasteiger partial charge in [-0.15, -0.1) is 0 Å². The molecule has 3 amide bonds. The van der Waals surface area contributed by atoms with Gasteiger partial charge in [-0.05, 0) is 59.2 Å². The average Bonchev–Trinajstić information content (AvgIpc) is 3.17. The van der Waals surface area contributed by atoms with Crippen molar-refractivity contribution in [3.05, 3.63) is 95.1 Å². The van der Waals surface area contributed by atoms with Crippen LogP contribution in [0.4, 0.5) is 14.9 Å². The maximum Gasteiger partial charge on any atom is 0.322 e. The molecule has 29 heavy (non-hydrogen) atoms. The van der Waals surface area contributed by atoms with E-state index in [2.05, 4.69) is 15.6 Å². The number of hydrogen-bond donors (Lipinski definition) is 2. The minimum atomic E-state index is -0.302. The Labute approximate surface area is 167 Å². The summed E-state index contributed by atoms with van der Waals surface area (Å²) in [6.45, 7) is 1.20. The number of halogens is 1. The van der Waals surface area contributed by atoms with E-state index in [1.165, 1.54) is 12.1 Å². The van der Waals surface area contributed by atoms with E-state index in [0.717, 1.165) is 16.7 Å². The van der Waals surface area contributed by atoms with Crippen LogP contribution in [-0.2, 0) is 19.6 Å². The zero-order valence-corrected chi connectivity index (χ0v) is 15.6. The Morgan fingerprint density at radius 3 is 2.59 bits per heavy atom. The van der Waals surface area contributed by atoms with Gasteiger partial charge in [-0.1, -0.05) is 12.1 Å². The molecule has 0 saturated carbocycles. The van der Waals surface area contributed by atoms with Crippen LogP contribution in [0.5, 0.6) is 0 Å². The van der Waals surface area contributed by atoms with Crippen molar-refractivity contribution < 1.29 is 14.0 Å². The fourth-order valence-electron chi connectivity index (χ4n) is 3.20. The van der Waals surface area contributed by atoms with E-state index in [0.29, 0.717) is 30.9 Å². The molecular weight excluding hydrogens is 371 g/mol. The second-order valence-electron chi connectivity index (χ2n) is 6.82. The number of aromatic nitrogens is 1. The van der Waals surface area contributed by atoms with E-state index >= 15 is 0 Å². The Bertz CT molecular complexity index is 1040. The molecule has 1 aliphatic rings. The van der Waals surface area contributed by atoms with Crippen LogP contribution in [0.25, 0.3) is 0 Å². The second-order valence-corrected chi connectivity index (χ2v) is 6.82. The first kappa shape index (κ1) is 18.6. The summed E-state index contributed by atoms with van der Waals surface area (Å²) in [5, 5.41) is 5.64. The van der Waals surface area contributed by atoms with Gasteiger partial charge in [-0.25, -0.2) is 9.18 Å². The number of amides is 3. The average molecular weight is 390 g/mol. The summed E-state index contributed by atoms with van der Waals surface area (Å²) < 4.78 is 13.3. The smallest absolute Gasteiger partial charge is 0.322 e. The Morgan fingerprint density at radius 2 is 1.83 bits per heavy atom. The van der Waals surface area contributed by atoms with Crippen LogP contribution in [0.1, 0.15) is 27.0 Å². The molecule has 0 atom stereocenters. The van der Waals surface area contributed by atoms with Gasteiger partial charge in [0.05, 0.1) is 0 Å². The van der Waals surface area contributed by atoms with Crippen LogP contribution in [0.15, 0.2) is 67.0 Å². The van der Waals surface area contributed by atoms with E-state index in [1.54, 1.807) is 47.6 Å². The summed E-state index contributed by atoms with van der Waals surface area (Å²) in [4.78, 5) is 30.4. The van der Waals surface area contributed by atoms with Gasteiger partial charge < -0.3 is 15.5 Å². The highest BCUT2D eigenvalue weighted by Crippen LogP contribution is 2.24. The third kappa shape index (κ3) is 4.40. The SMILES string of the molecule is O=C(NCc1cccnc1)c1ccc(NC(=O)N2Cc3ccc(F)cc3C2)cc1. The molecule has 0 aliphatic carbocycles. The standard InChI is InChI=1S/C22H19FN4O2/c23-19-6-3-17-13-27(14-18(17)10-19)22(29)26-20-7-4-16(5-8-20)21(28)25-12-15-2-1-9-24-11-15/h1-11H,12-14H2,(H,25,28)(H,26,29). The molecule has 3 aromatic rings. The van der Waals surface area contributed by atoms with Gasteiger partial charge in [0.2, 0.25) is 0 Å². The molecule has 0 fully saturated rings. The molecule has 7 heteroatoms. The number of benzene rings is 2. The third-order valence-electron chi connectivity index (χ3n) is 4.75. The lowest BCUT2D eigenvalue weighted by molar-refractivity contribution is 0.0951. The molecular formula is C22H19FN4O2. The topological polar surface area (TPSA) is 74.3 Å². The number of anilines is 1. The number of hydrogen-bond acceptors (Lipinski definition) is 3. The van der Waals surface area contributed by atoms with E-state index in [4.69, 9.17) is 0 Å². The van der Waals surface area contributed by atoms with Crippen LogP contribution in [0.2, 0.25) is 0 Å². The quantitative estimate of drug-likeness (QED) is 0.713. The minimum absolute atomic E-state index is 0.205. The fourth-order valence-corrected chi connectivity index (χ4v) is 3.20. The van der Waals surface area contributed by atoms with Crippen molar-refractivity contribution in [3.63, 3.8) is 0 Å². The van der Waals surface area contributed by atoms with Crippen molar-refractivity contribution in [1.29, 1.82) is 0 Å². The minimum Gasteiger partial charge on any atom is -0.348 e. The highest BCUT2D eigenvalue weighted by molar-refractivity contribution is 5.95. The van der Waals surface area contributed by atoms with Crippen molar-refractivity contribution >= 4 is 17.6 Å². The van der Waals surface area contributed by atoms with E-state index < -0.39 is 0 Å². The van der Waals surface area contributed by atoms with Crippen molar-refractivity contribution in [2.45, 2.75) is 19.6 Å². The monoisotopic (exact) mass is 390 g/mol. The van der Waals surface area contributed by atoms with Crippen molar-refractivity contribution in [2.24, 2.45) is 0 Å². The molecule has 0 saturated heterocycles. The zero-order valence-electron chi connectivity index (χ0n) is 15.6. The summed E-state index contributed by atoms with van der Waals surface area (Å²) in [5.74, 6) is -0.507. The molecule has 0 unspecified atom stereocenters. The van der Waals surface area contributed by atoms with E-state index in [1.807, 2.05) is 12.1 Å². The number of carbonyl (C=O) groups is 2. The molecule has 1 aromatic heterocycles. The van der Waals surface area contributed by atoms with Gasteiger partial charge in [0.25, 0.3) is 5.91 Å². The summed E-state index contributed by atoms with van der Waals surface area (Å²) in [7, 11) is 0. The largest absolute Gasteiger partial charge is 0.348 e. The van der Waals surface area contributed by atoms with Crippen LogP contribution in [0, 0.1) is 5.82 Å². The van der Waals surface area contributed by atoms with Gasteiger partial charge in [-0.3, -0.25) is 9.78 Å². The van der Waals surface area contributed by atoms with Crippen LogP contribution in [0.3, 0.4) is 0 Å². The molecule has 1 aliphatic heterocycles. The Hall–Kier alpha value is -3.74. The van der Waals surface area contributed by atoms with Gasteiger partial charge in [0.1, 0.15) is 5.82 Å². The first-order valence-corrected chi connectivity index (χ1v) is 9.19. The lowest BCUT2D eigenvalue weighted by atomic mass is 10.1. The van der Waals surface area contributed by atoms with Crippen molar-refractivity contribution in [3.8, 4) is 0 Å². The first-order chi connectivity index (χ1) is 14.1. The highest BCUT2D eigenvalue weighted by Gasteiger charge is 2.23. The molecule has 0 bridgehead atoms. The number of nitrogens with zero attached hydrogens (tertiary/aromatic N) is 2. The van der Waals surface area contributed by atoms with Gasteiger partial charge in [0.15, 0.2) is 0 Å². The Kier molecular flexibility index (Phi) is 5.20. The summed E-state index contributed by atoms with van der Waals surface area (Å²) in [6.07, 6.45) is 3.38. The number of pyridine rings is 1. The van der Waals surface area contributed by atoms with Crippen LogP contribution < -0.4 is 10.6 Å². The predicted molar refractivity (Wildman–Crippen MR) is 107 cm³/mol. The summed E-state index contributed by atoms with van der Waals surface area (Å²) >= 11 is 0. The highest BCUT2D eigenvalue weighted by atomic mass is 19.1. The summed E-state index contributed by atoms with van der Waals surface area (Å²) in [5.41, 5.74) is 3.76. The molecule has 2 heterocycles. The number of urea groups is 1. The van der Waals surface area contributed by atoms with Crippen molar-refractivity contribution in [2.75, 3.05) is 5.32 Å². The van der Waals surface area contributed by atoms with Gasteiger partial charge in [0, 0.05) is 43.3 Å². The maximum atomic E-state index is 13.3. The van der Waals surface area contributed by atoms with Gasteiger partial charge in [-0.2, -0.15) is 0 Å². The Morgan fingerprint density at radius 1 is 1.03 bits per heavy atom. The molecule has 146 valence electrons. The maximum absolute atomic E-state index is 13.3. The molecule has 0 spiro atoms. The lowest BCUT2D eigenvalue weighted by Gasteiger charge is -2.16. The molecule has 4 rings (SSSR count). The van der Waals surface area contributed by atoms with E-state index in [-0.39, 0.29) is 17.8 Å². The number of rotatable bonds is 4. The van der Waals surface area contributed by atoms with Gasteiger partial charge >= 0.3 is 6.03 Å². The zero-order chi connectivity index (χ0) is 20.2. The van der Waals surface area contributed by atoms with Crippen molar-refractivity contribution in [1.82, 2.24) is 15.2 Å². The predicted octanol–water partition coefficient (Wildman–Crippen LogP) is 3.70. The molecule has 0 radical (unpaired) electrons. The first-order valence-electron chi connectivity index (χ1n) is 9.19. The summed E-state index contributed by atoms with van der Waals surface area (Å²) in [6, 6.07) is 14.7. The molecule has 2 aromatic carbocycles. The van der Waals surface area contributed by atoms with Crippen LogP contribution in [-0.4, -0.2) is 21.8 Å². The lowest BCUT2D eigenvalue weighted by Crippen LogP contribution is -2.30. The van der Waals surface area contributed by atoms with Crippen LogP contribution >= 0.6 is 0 Å². The number of carbonyl (C=O) groups excluding carboxylic acids is 2. The third-order valence-corrected chi connectivity index (χ3v) is 4.75. The van der Waals surface area contributed by atoms with E-state index in [9.17, 15) is 14.0 Å². The number of nitrogens with one attached hydrogen (secondary N) is 2. The molecule has 6 nitrogen and oxygen atoms in total.